The molecule has 0 saturated carbocycles. The van der Waals surface area contributed by atoms with Gasteiger partial charge in [0.25, 0.3) is 5.91 Å². The second-order valence-corrected chi connectivity index (χ2v) is 4.09. The Morgan fingerprint density at radius 1 is 1.44 bits per heavy atom. The van der Waals surface area contributed by atoms with Gasteiger partial charge in [0.2, 0.25) is 0 Å². The standard InChI is InChI=1S/C11H12F3N3O/c12-11(13,14)7-1-2-9(16-5-7)10(18)17-8-3-4-15-6-8/h1-2,5,8,15H,3-4,6H2,(H,17,18)/t8-/m0/s1. The molecule has 2 heterocycles. The van der Waals surface area contributed by atoms with Crippen LogP contribution in [0.1, 0.15) is 22.5 Å². The molecule has 98 valence electrons. The Labute approximate surface area is 102 Å². The number of alkyl halides is 3. The van der Waals surface area contributed by atoms with Gasteiger partial charge < -0.3 is 10.6 Å². The fourth-order valence-corrected chi connectivity index (χ4v) is 1.73. The normalized spacial score (nSPS) is 19.8. The van der Waals surface area contributed by atoms with E-state index in [0.717, 1.165) is 25.1 Å². The third-order valence-electron chi connectivity index (χ3n) is 2.72. The molecule has 0 spiro atoms. The minimum absolute atomic E-state index is 0.00472. The lowest BCUT2D eigenvalue weighted by Gasteiger charge is -2.11. The van der Waals surface area contributed by atoms with Crippen molar-refractivity contribution < 1.29 is 18.0 Å². The summed E-state index contributed by atoms with van der Waals surface area (Å²) in [5.41, 5.74) is -0.864. The molecule has 4 nitrogen and oxygen atoms in total. The van der Waals surface area contributed by atoms with Crippen molar-refractivity contribution in [2.75, 3.05) is 13.1 Å². The molecule has 0 unspecified atom stereocenters. The van der Waals surface area contributed by atoms with Crippen molar-refractivity contribution in [3.05, 3.63) is 29.6 Å². The third kappa shape index (κ3) is 2.98. The second kappa shape index (κ2) is 4.93. The zero-order valence-electron chi connectivity index (χ0n) is 9.42. The summed E-state index contributed by atoms with van der Waals surface area (Å²) >= 11 is 0. The van der Waals surface area contributed by atoms with Gasteiger partial charge in [0.05, 0.1) is 5.56 Å². The first-order valence-electron chi connectivity index (χ1n) is 5.51. The van der Waals surface area contributed by atoms with E-state index in [1.807, 2.05) is 0 Å². The summed E-state index contributed by atoms with van der Waals surface area (Å²) in [6, 6.07) is 1.96. The summed E-state index contributed by atoms with van der Waals surface area (Å²) in [5.74, 6) is -0.447. The minimum Gasteiger partial charge on any atom is -0.347 e. The smallest absolute Gasteiger partial charge is 0.347 e. The number of nitrogens with zero attached hydrogens (tertiary/aromatic N) is 1. The van der Waals surface area contributed by atoms with E-state index in [9.17, 15) is 18.0 Å². The highest BCUT2D eigenvalue weighted by Crippen LogP contribution is 2.28. The van der Waals surface area contributed by atoms with E-state index < -0.39 is 17.6 Å². The molecule has 1 fully saturated rings. The van der Waals surface area contributed by atoms with Crippen molar-refractivity contribution in [3.63, 3.8) is 0 Å². The first-order chi connectivity index (χ1) is 8.47. The first-order valence-corrected chi connectivity index (χ1v) is 5.51. The average Bonchev–Trinajstić information content (AvgIpc) is 2.81. The lowest BCUT2D eigenvalue weighted by Crippen LogP contribution is -2.36. The molecule has 18 heavy (non-hydrogen) atoms. The molecule has 2 N–H and O–H groups in total. The number of carbonyl (C=O) groups is 1. The maximum absolute atomic E-state index is 12.3. The SMILES string of the molecule is O=C(N[C@H]1CCNC1)c1ccc(C(F)(F)F)cn1. The lowest BCUT2D eigenvalue weighted by molar-refractivity contribution is -0.137. The molecule has 1 amide bonds. The van der Waals surface area contributed by atoms with Crippen LogP contribution in [0.5, 0.6) is 0 Å². The average molecular weight is 259 g/mol. The van der Waals surface area contributed by atoms with Gasteiger partial charge in [0, 0.05) is 18.8 Å². The predicted octanol–water partition coefficient (Wildman–Crippen LogP) is 1.19. The topological polar surface area (TPSA) is 54.0 Å². The van der Waals surface area contributed by atoms with Gasteiger partial charge in [0.1, 0.15) is 5.69 Å². The lowest BCUT2D eigenvalue weighted by atomic mass is 10.2. The van der Waals surface area contributed by atoms with E-state index in [-0.39, 0.29) is 11.7 Å². The first kappa shape index (κ1) is 12.8. The summed E-state index contributed by atoms with van der Waals surface area (Å²) < 4.78 is 36.9. The van der Waals surface area contributed by atoms with Gasteiger partial charge in [-0.2, -0.15) is 13.2 Å². The van der Waals surface area contributed by atoms with E-state index in [1.54, 1.807) is 0 Å². The number of aromatic nitrogens is 1. The highest BCUT2D eigenvalue weighted by molar-refractivity contribution is 5.92. The molecule has 7 heteroatoms. The van der Waals surface area contributed by atoms with Crippen LogP contribution in [-0.4, -0.2) is 30.0 Å². The molecule has 1 aliphatic rings. The van der Waals surface area contributed by atoms with Crippen LogP contribution in [0.4, 0.5) is 13.2 Å². The molecule has 1 atom stereocenters. The van der Waals surface area contributed by atoms with E-state index in [0.29, 0.717) is 12.7 Å². The largest absolute Gasteiger partial charge is 0.417 e. The van der Waals surface area contributed by atoms with Crippen molar-refractivity contribution in [3.8, 4) is 0 Å². The van der Waals surface area contributed by atoms with Gasteiger partial charge in [-0.3, -0.25) is 9.78 Å². The van der Waals surface area contributed by atoms with E-state index in [4.69, 9.17) is 0 Å². The van der Waals surface area contributed by atoms with Crippen molar-refractivity contribution >= 4 is 5.91 Å². The van der Waals surface area contributed by atoms with E-state index in [1.165, 1.54) is 0 Å². The Kier molecular flexibility index (Phi) is 3.51. The highest BCUT2D eigenvalue weighted by atomic mass is 19.4. The maximum atomic E-state index is 12.3. The molecule has 1 aromatic heterocycles. The molecule has 0 aliphatic carbocycles. The molecule has 0 aromatic carbocycles. The van der Waals surface area contributed by atoms with Crippen LogP contribution in [0.15, 0.2) is 18.3 Å². The summed E-state index contributed by atoms with van der Waals surface area (Å²) in [5, 5.41) is 5.78. The number of rotatable bonds is 2. The van der Waals surface area contributed by atoms with Crippen LogP contribution in [0, 0.1) is 0 Å². The van der Waals surface area contributed by atoms with Crippen molar-refractivity contribution in [1.29, 1.82) is 0 Å². The summed E-state index contributed by atoms with van der Waals surface area (Å²) in [4.78, 5) is 15.2. The third-order valence-corrected chi connectivity index (χ3v) is 2.72. The van der Waals surface area contributed by atoms with Gasteiger partial charge in [-0.1, -0.05) is 0 Å². The second-order valence-electron chi connectivity index (χ2n) is 4.09. The number of hydrogen-bond acceptors (Lipinski definition) is 3. The van der Waals surface area contributed by atoms with Crippen LogP contribution in [0.25, 0.3) is 0 Å². The molecular formula is C11H12F3N3O. The van der Waals surface area contributed by atoms with Crippen LogP contribution >= 0.6 is 0 Å². The number of amides is 1. The molecule has 1 aromatic rings. The zero-order chi connectivity index (χ0) is 13.2. The summed E-state index contributed by atoms with van der Waals surface area (Å²) in [6.45, 7) is 1.50. The van der Waals surface area contributed by atoms with Gasteiger partial charge in [0.15, 0.2) is 0 Å². The molecular weight excluding hydrogens is 247 g/mol. The van der Waals surface area contributed by atoms with Crippen molar-refractivity contribution in [2.24, 2.45) is 0 Å². The summed E-state index contributed by atoms with van der Waals surface area (Å²) in [6.07, 6.45) is -2.95. The van der Waals surface area contributed by atoms with Crippen molar-refractivity contribution in [1.82, 2.24) is 15.6 Å². The predicted molar refractivity (Wildman–Crippen MR) is 58.0 cm³/mol. The monoisotopic (exact) mass is 259 g/mol. The number of pyridine rings is 1. The van der Waals surface area contributed by atoms with Gasteiger partial charge in [-0.05, 0) is 25.1 Å². The zero-order valence-corrected chi connectivity index (χ0v) is 9.42. The van der Waals surface area contributed by atoms with Crippen LogP contribution in [-0.2, 0) is 6.18 Å². The maximum Gasteiger partial charge on any atom is 0.417 e. The Hall–Kier alpha value is -1.63. The fraction of sp³-hybridized carbons (Fsp3) is 0.455. The number of hydrogen-bond donors (Lipinski definition) is 2. The Morgan fingerprint density at radius 2 is 2.22 bits per heavy atom. The number of nitrogens with one attached hydrogen (secondary N) is 2. The van der Waals surface area contributed by atoms with Crippen molar-refractivity contribution in [2.45, 2.75) is 18.6 Å². The Bertz CT molecular complexity index is 424. The Balaban J connectivity index is 2.02. The van der Waals surface area contributed by atoms with Crippen LogP contribution < -0.4 is 10.6 Å². The number of halogens is 3. The molecule has 1 saturated heterocycles. The molecule has 0 radical (unpaired) electrons. The fourth-order valence-electron chi connectivity index (χ4n) is 1.73. The van der Waals surface area contributed by atoms with Crippen LogP contribution in [0.3, 0.4) is 0 Å². The highest BCUT2D eigenvalue weighted by Gasteiger charge is 2.31. The van der Waals surface area contributed by atoms with E-state index >= 15 is 0 Å². The quantitative estimate of drug-likeness (QED) is 0.839. The van der Waals surface area contributed by atoms with E-state index in [2.05, 4.69) is 15.6 Å². The van der Waals surface area contributed by atoms with Gasteiger partial charge in [-0.15, -0.1) is 0 Å². The number of carbonyl (C=O) groups excluding carboxylic acids is 1. The summed E-state index contributed by atoms with van der Waals surface area (Å²) in [7, 11) is 0. The molecule has 2 rings (SSSR count). The molecule has 0 bridgehead atoms. The Morgan fingerprint density at radius 3 is 2.72 bits per heavy atom. The van der Waals surface area contributed by atoms with Gasteiger partial charge >= 0.3 is 6.18 Å². The molecule has 1 aliphatic heterocycles. The minimum atomic E-state index is -4.43. The van der Waals surface area contributed by atoms with Gasteiger partial charge in [-0.25, -0.2) is 0 Å². The van der Waals surface area contributed by atoms with Crippen LogP contribution in [0.2, 0.25) is 0 Å².